The van der Waals surface area contributed by atoms with Crippen molar-refractivity contribution in [2.45, 2.75) is 6.92 Å². The van der Waals surface area contributed by atoms with Gasteiger partial charge in [0.25, 0.3) is 0 Å². The summed E-state index contributed by atoms with van der Waals surface area (Å²) in [6.45, 7) is 1.53. The molecule has 0 fully saturated rings. The van der Waals surface area contributed by atoms with Crippen molar-refractivity contribution in [3.05, 3.63) is 36.2 Å². The lowest BCUT2D eigenvalue weighted by molar-refractivity contribution is -0.112. The van der Waals surface area contributed by atoms with Crippen LogP contribution in [0.5, 0.6) is 0 Å². The van der Waals surface area contributed by atoms with Gasteiger partial charge in [0.05, 0.1) is 0 Å². The Morgan fingerprint density at radius 2 is 2.43 bits per heavy atom. The smallest absolute Gasteiger partial charge is 0.152 e. The number of aromatic amines is 1. The molecule has 0 aliphatic rings. The van der Waals surface area contributed by atoms with Crippen LogP contribution in [0.1, 0.15) is 12.5 Å². The van der Waals surface area contributed by atoms with E-state index >= 15 is 0 Å². The van der Waals surface area contributed by atoms with Crippen molar-refractivity contribution in [1.82, 2.24) is 9.97 Å². The first-order valence-corrected chi connectivity index (χ1v) is 4.38. The van der Waals surface area contributed by atoms with Crippen LogP contribution < -0.4 is 0 Å². The fourth-order valence-corrected chi connectivity index (χ4v) is 1.32. The number of carbonyl (C=O) groups is 1. The van der Waals surface area contributed by atoms with Crippen molar-refractivity contribution >= 4 is 22.9 Å². The number of nitrogens with one attached hydrogen (secondary N) is 1. The molecule has 14 heavy (non-hydrogen) atoms. The number of nitrogens with zero attached hydrogens (tertiary/aromatic N) is 1. The van der Waals surface area contributed by atoms with E-state index < -0.39 is 0 Å². The van der Waals surface area contributed by atoms with E-state index in [1.165, 1.54) is 6.92 Å². The van der Waals surface area contributed by atoms with Gasteiger partial charge >= 0.3 is 0 Å². The topological polar surface area (TPSA) is 45.8 Å². The van der Waals surface area contributed by atoms with E-state index in [-0.39, 0.29) is 5.78 Å². The summed E-state index contributed by atoms with van der Waals surface area (Å²) in [6, 6.07) is 3.85. The number of fused-ring (bicyclic) bond motifs is 1. The summed E-state index contributed by atoms with van der Waals surface area (Å²) in [5.74, 6) is 0.0447. The average Bonchev–Trinajstić information content (AvgIpc) is 2.58. The highest BCUT2D eigenvalue weighted by Crippen LogP contribution is 2.16. The third-order valence-corrected chi connectivity index (χ3v) is 1.98. The lowest BCUT2D eigenvalue weighted by Gasteiger charge is -1.88. The molecule has 0 amide bonds. The van der Waals surface area contributed by atoms with Crippen LogP contribution in [-0.2, 0) is 4.79 Å². The summed E-state index contributed by atoms with van der Waals surface area (Å²) < 4.78 is 0. The van der Waals surface area contributed by atoms with Crippen molar-refractivity contribution in [2.75, 3.05) is 0 Å². The second-order valence-electron chi connectivity index (χ2n) is 3.09. The van der Waals surface area contributed by atoms with Crippen LogP contribution in [0, 0.1) is 0 Å². The minimum atomic E-state index is 0.0447. The van der Waals surface area contributed by atoms with Crippen LogP contribution in [-0.4, -0.2) is 15.8 Å². The van der Waals surface area contributed by atoms with Crippen molar-refractivity contribution < 1.29 is 4.79 Å². The number of H-pyrrole nitrogens is 1. The molecule has 0 unspecified atom stereocenters. The number of allylic oxidation sites excluding steroid dienone is 1. The maximum atomic E-state index is 10.8. The molecule has 1 N–H and O–H groups in total. The number of rotatable bonds is 2. The van der Waals surface area contributed by atoms with Gasteiger partial charge in [-0.2, -0.15) is 0 Å². The van der Waals surface area contributed by atoms with E-state index in [4.69, 9.17) is 0 Å². The van der Waals surface area contributed by atoms with Crippen molar-refractivity contribution in [1.29, 1.82) is 0 Å². The van der Waals surface area contributed by atoms with Gasteiger partial charge in [-0.05, 0) is 31.2 Å². The van der Waals surface area contributed by atoms with Gasteiger partial charge in [-0.3, -0.25) is 4.79 Å². The summed E-state index contributed by atoms with van der Waals surface area (Å²) >= 11 is 0. The summed E-state index contributed by atoms with van der Waals surface area (Å²) in [7, 11) is 0. The minimum Gasteiger partial charge on any atom is -0.346 e. The summed E-state index contributed by atoms with van der Waals surface area (Å²) in [5.41, 5.74) is 1.83. The molecule has 2 rings (SSSR count). The molecule has 0 aromatic carbocycles. The predicted octanol–water partition coefficient (Wildman–Crippen LogP) is 2.17. The molecule has 2 aromatic heterocycles. The maximum Gasteiger partial charge on any atom is 0.152 e. The molecule has 3 nitrogen and oxygen atoms in total. The number of aromatic nitrogens is 2. The van der Waals surface area contributed by atoms with E-state index in [1.54, 1.807) is 18.3 Å². The van der Waals surface area contributed by atoms with Crippen molar-refractivity contribution in [3.8, 4) is 0 Å². The fourth-order valence-electron chi connectivity index (χ4n) is 1.32. The number of hydrogen-bond acceptors (Lipinski definition) is 2. The number of hydrogen-bond donors (Lipinski definition) is 1. The SMILES string of the molecule is CC(=O)/C=C/c1c[nH]c2ncccc12. The monoisotopic (exact) mass is 186 g/mol. The molecule has 3 heteroatoms. The molecule has 0 saturated carbocycles. The van der Waals surface area contributed by atoms with Crippen LogP contribution >= 0.6 is 0 Å². The number of ketones is 1. The highest BCUT2D eigenvalue weighted by molar-refractivity contribution is 5.95. The van der Waals surface area contributed by atoms with E-state index in [1.807, 2.05) is 18.3 Å². The van der Waals surface area contributed by atoms with Crippen LogP contribution in [0.15, 0.2) is 30.6 Å². The highest BCUT2D eigenvalue weighted by Gasteiger charge is 1.99. The lowest BCUT2D eigenvalue weighted by Crippen LogP contribution is -1.79. The van der Waals surface area contributed by atoms with Gasteiger partial charge in [-0.1, -0.05) is 0 Å². The predicted molar refractivity (Wildman–Crippen MR) is 55.8 cm³/mol. The van der Waals surface area contributed by atoms with Gasteiger partial charge in [0.2, 0.25) is 0 Å². The average molecular weight is 186 g/mol. The zero-order valence-electron chi connectivity index (χ0n) is 7.82. The largest absolute Gasteiger partial charge is 0.346 e. The summed E-state index contributed by atoms with van der Waals surface area (Å²) in [4.78, 5) is 18.0. The minimum absolute atomic E-state index is 0.0447. The van der Waals surface area contributed by atoms with Crippen LogP contribution in [0.25, 0.3) is 17.1 Å². The first-order chi connectivity index (χ1) is 6.77. The Labute approximate surface area is 81.5 Å². The normalized spacial score (nSPS) is 11.2. The molecule has 0 bridgehead atoms. The Kier molecular flexibility index (Phi) is 2.14. The molecular formula is C11H10N2O. The summed E-state index contributed by atoms with van der Waals surface area (Å²) in [6.07, 6.45) is 6.92. The second kappa shape index (κ2) is 3.46. The highest BCUT2D eigenvalue weighted by atomic mass is 16.1. The molecule has 0 radical (unpaired) electrons. The zero-order valence-corrected chi connectivity index (χ0v) is 7.82. The zero-order chi connectivity index (χ0) is 9.97. The Morgan fingerprint density at radius 3 is 3.21 bits per heavy atom. The lowest BCUT2D eigenvalue weighted by atomic mass is 10.2. The Balaban J connectivity index is 2.48. The van der Waals surface area contributed by atoms with Gasteiger partial charge in [-0.25, -0.2) is 4.98 Å². The Bertz CT molecular complexity index is 497. The first-order valence-electron chi connectivity index (χ1n) is 4.38. The number of carbonyl (C=O) groups excluding carboxylic acids is 1. The number of pyridine rings is 1. The van der Waals surface area contributed by atoms with Crippen LogP contribution in [0.3, 0.4) is 0 Å². The molecular weight excluding hydrogens is 176 g/mol. The third kappa shape index (κ3) is 1.57. The van der Waals surface area contributed by atoms with E-state index in [9.17, 15) is 4.79 Å². The Hall–Kier alpha value is -1.90. The first kappa shape index (κ1) is 8.69. The van der Waals surface area contributed by atoms with E-state index in [0.29, 0.717) is 0 Å². The van der Waals surface area contributed by atoms with Gasteiger partial charge < -0.3 is 4.98 Å². The van der Waals surface area contributed by atoms with E-state index in [0.717, 1.165) is 16.6 Å². The van der Waals surface area contributed by atoms with E-state index in [2.05, 4.69) is 9.97 Å². The molecule has 0 spiro atoms. The molecule has 0 saturated heterocycles. The van der Waals surface area contributed by atoms with Crippen molar-refractivity contribution in [3.63, 3.8) is 0 Å². The molecule has 2 heterocycles. The molecule has 0 atom stereocenters. The van der Waals surface area contributed by atoms with Crippen molar-refractivity contribution in [2.24, 2.45) is 0 Å². The molecule has 70 valence electrons. The quantitative estimate of drug-likeness (QED) is 0.730. The standard InChI is InChI=1S/C11H10N2O/c1-8(14)4-5-9-7-13-11-10(9)3-2-6-12-11/h2-7H,1H3,(H,12,13)/b5-4+. The molecule has 0 aliphatic heterocycles. The fraction of sp³-hybridized carbons (Fsp3) is 0.0909. The van der Waals surface area contributed by atoms with Crippen LogP contribution in [0.4, 0.5) is 0 Å². The van der Waals surface area contributed by atoms with Gasteiger partial charge in [0, 0.05) is 23.3 Å². The Morgan fingerprint density at radius 1 is 1.57 bits per heavy atom. The maximum absolute atomic E-state index is 10.8. The molecule has 0 aliphatic carbocycles. The van der Waals surface area contributed by atoms with Crippen LogP contribution in [0.2, 0.25) is 0 Å². The van der Waals surface area contributed by atoms with Gasteiger partial charge in [-0.15, -0.1) is 0 Å². The van der Waals surface area contributed by atoms with Gasteiger partial charge in [0.1, 0.15) is 5.65 Å². The molecule has 2 aromatic rings. The third-order valence-electron chi connectivity index (χ3n) is 1.98. The summed E-state index contributed by atoms with van der Waals surface area (Å²) in [5, 5.41) is 1.03. The van der Waals surface area contributed by atoms with Gasteiger partial charge in [0.15, 0.2) is 5.78 Å². The second-order valence-corrected chi connectivity index (χ2v) is 3.09.